The number of nitrogens with one attached hydrogen (secondary N) is 3. The molecule has 0 aliphatic rings. The summed E-state index contributed by atoms with van der Waals surface area (Å²) >= 11 is 1.33. The highest BCUT2D eigenvalue weighted by Gasteiger charge is 2.23. The third-order valence-corrected chi connectivity index (χ3v) is 5.92. The lowest BCUT2D eigenvalue weighted by Gasteiger charge is -2.18. The molecule has 8 nitrogen and oxygen atoms in total. The van der Waals surface area contributed by atoms with Crippen molar-refractivity contribution in [1.82, 2.24) is 25.3 Å². The number of amides is 2. The second-order valence-electron chi connectivity index (χ2n) is 8.91. The van der Waals surface area contributed by atoms with E-state index >= 15 is 0 Å². The lowest BCUT2D eigenvalue weighted by Crippen LogP contribution is -2.34. The number of benzene rings is 1. The summed E-state index contributed by atoms with van der Waals surface area (Å²) in [5.41, 5.74) is 5.52. The van der Waals surface area contributed by atoms with E-state index in [1.165, 1.54) is 11.3 Å². The summed E-state index contributed by atoms with van der Waals surface area (Å²) in [4.78, 5) is 41.1. The second-order valence-corrected chi connectivity index (χ2v) is 9.77. The van der Waals surface area contributed by atoms with Crippen LogP contribution in [0.25, 0.3) is 22.5 Å². The van der Waals surface area contributed by atoms with Crippen molar-refractivity contribution >= 4 is 28.3 Å². The van der Waals surface area contributed by atoms with Gasteiger partial charge in [-0.3, -0.25) is 9.59 Å². The van der Waals surface area contributed by atoms with E-state index in [4.69, 9.17) is 0 Å². The maximum absolute atomic E-state index is 12.6. The normalized spacial score (nSPS) is 11.3. The van der Waals surface area contributed by atoms with Gasteiger partial charge in [-0.1, -0.05) is 39.0 Å². The summed E-state index contributed by atoms with van der Waals surface area (Å²) in [5, 5.41) is 7.79. The van der Waals surface area contributed by atoms with Gasteiger partial charge in [0.05, 0.1) is 23.5 Å². The van der Waals surface area contributed by atoms with Gasteiger partial charge in [0.25, 0.3) is 5.91 Å². The van der Waals surface area contributed by atoms with Gasteiger partial charge >= 0.3 is 0 Å². The first-order valence-corrected chi connectivity index (χ1v) is 11.7. The van der Waals surface area contributed by atoms with Crippen molar-refractivity contribution in [2.45, 2.75) is 33.1 Å². The van der Waals surface area contributed by atoms with Gasteiger partial charge in [-0.25, -0.2) is 15.0 Å². The number of carbonyl (C=O) groups excluding carboxylic acids is 2. The summed E-state index contributed by atoms with van der Waals surface area (Å²) in [5.74, 6) is -0.634. The highest BCUT2D eigenvalue weighted by molar-refractivity contribution is 7.14. The third kappa shape index (κ3) is 5.37. The highest BCUT2D eigenvalue weighted by atomic mass is 32.1. The third-order valence-electron chi connectivity index (χ3n) is 5.16. The zero-order valence-corrected chi connectivity index (χ0v) is 20.3. The number of aryl methyl sites for hydroxylation is 1. The van der Waals surface area contributed by atoms with Crippen molar-refractivity contribution in [2.75, 3.05) is 11.9 Å². The SMILES string of the molecule is Cc1cc(-c2cccc(-c3csc(NC(=O)CNC(=O)c4cc[nH]c4C(C)(C)C)n3)c2)ncn1. The summed E-state index contributed by atoms with van der Waals surface area (Å²) in [6.07, 6.45) is 3.28. The predicted molar refractivity (Wildman–Crippen MR) is 134 cm³/mol. The molecule has 3 N–H and O–H groups in total. The summed E-state index contributed by atoms with van der Waals surface area (Å²) < 4.78 is 0. The number of carbonyl (C=O) groups is 2. The molecule has 34 heavy (non-hydrogen) atoms. The number of anilines is 1. The van der Waals surface area contributed by atoms with E-state index < -0.39 is 0 Å². The van der Waals surface area contributed by atoms with E-state index in [1.54, 1.807) is 18.6 Å². The van der Waals surface area contributed by atoms with Gasteiger partial charge in [0.2, 0.25) is 5.91 Å². The Balaban J connectivity index is 1.39. The predicted octanol–water partition coefficient (Wildman–Crippen LogP) is 4.57. The smallest absolute Gasteiger partial charge is 0.253 e. The Bertz CT molecular complexity index is 1330. The fourth-order valence-electron chi connectivity index (χ4n) is 3.51. The molecular formula is C25H26N6O2S. The molecule has 9 heteroatoms. The van der Waals surface area contributed by atoms with Gasteiger partial charge in [-0.05, 0) is 25.1 Å². The standard InChI is InChI=1S/C25H26N6O2S/c1-15-10-19(29-14-28-15)16-6-5-7-17(11-16)20-13-34-24(30-20)31-21(32)12-27-23(33)18-8-9-26-22(18)25(2,3)4/h5-11,13-14,26H,12H2,1-4H3,(H,27,33)(H,30,31,32). The maximum Gasteiger partial charge on any atom is 0.253 e. The Morgan fingerprint density at radius 2 is 1.82 bits per heavy atom. The van der Waals surface area contributed by atoms with Crippen LogP contribution in [0.4, 0.5) is 5.13 Å². The molecule has 0 fully saturated rings. The molecule has 0 spiro atoms. The minimum absolute atomic E-state index is 0.148. The van der Waals surface area contributed by atoms with Gasteiger partial charge in [0, 0.05) is 39.5 Å². The van der Waals surface area contributed by atoms with Crippen LogP contribution in [0.5, 0.6) is 0 Å². The molecule has 4 rings (SSSR count). The number of hydrogen-bond acceptors (Lipinski definition) is 6. The fraction of sp³-hybridized carbons (Fsp3) is 0.240. The van der Waals surface area contributed by atoms with Crippen molar-refractivity contribution in [3.8, 4) is 22.5 Å². The van der Waals surface area contributed by atoms with E-state index in [2.05, 4.69) is 30.6 Å². The van der Waals surface area contributed by atoms with Crippen molar-refractivity contribution < 1.29 is 9.59 Å². The first kappa shape index (κ1) is 23.3. The first-order valence-electron chi connectivity index (χ1n) is 10.8. The molecule has 4 aromatic rings. The average molecular weight is 475 g/mol. The minimum atomic E-state index is -0.340. The monoisotopic (exact) mass is 474 g/mol. The first-order chi connectivity index (χ1) is 16.2. The van der Waals surface area contributed by atoms with Crippen LogP contribution in [0.15, 0.2) is 54.3 Å². The van der Waals surface area contributed by atoms with Crippen LogP contribution in [0.3, 0.4) is 0 Å². The van der Waals surface area contributed by atoms with E-state index in [0.717, 1.165) is 33.9 Å². The molecule has 0 saturated heterocycles. The molecule has 2 amide bonds. The van der Waals surface area contributed by atoms with Crippen LogP contribution in [-0.2, 0) is 10.2 Å². The maximum atomic E-state index is 12.6. The molecule has 0 saturated carbocycles. The van der Waals surface area contributed by atoms with Crippen molar-refractivity contribution in [2.24, 2.45) is 0 Å². The molecule has 3 aromatic heterocycles. The average Bonchev–Trinajstić information content (AvgIpc) is 3.47. The van der Waals surface area contributed by atoms with E-state index in [1.807, 2.05) is 63.4 Å². The Hall–Kier alpha value is -3.85. The molecule has 0 bridgehead atoms. The zero-order valence-electron chi connectivity index (χ0n) is 19.5. The molecule has 1 aromatic carbocycles. The number of thiazole rings is 1. The Kier molecular flexibility index (Phi) is 6.56. The van der Waals surface area contributed by atoms with Crippen LogP contribution in [-0.4, -0.2) is 38.3 Å². The van der Waals surface area contributed by atoms with Gasteiger partial charge in [0.15, 0.2) is 5.13 Å². The number of hydrogen-bond donors (Lipinski definition) is 3. The van der Waals surface area contributed by atoms with Gasteiger partial charge < -0.3 is 15.6 Å². The van der Waals surface area contributed by atoms with Crippen LogP contribution in [0.1, 0.15) is 42.5 Å². The van der Waals surface area contributed by atoms with Gasteiger partial charge in [0.1, 0.15) is 6.33 Å². The fourth-order valence-corrected chi connectivity index (χ4v) is 4.25. The van der Waals surface area contributed by atoms with Crippen molar-refractivity contribution in [1.29, 1.82) is 0 Å². The molecule has 0 aliphatic heterocycles. The largest absolute Gasteiger partial charge is 0.364 e. The van der Waals surface area contributed by atoms with Crippen molar-refractivity contribution in [3.05, 3.63) is 71.3 Å². The molecule has 0 aliphatic carbocycles. The van der Waals surface area contributed by atoms with E-state index in [0.29, 0.717) is 10.7 Å². The molecule has 0 unspecified atom stereocenters. The zero-order chi connectivity index (χ0) is 24.3. The number of aromatic nitrogens is 4. The topological polar surface area (TPSA) is 113 Å². The van der Waals surface area contributed by atoms with Crippen molar-refractivity contribution in [3.63, 3.8) is 0 Å². The second kappa shape index (κ2) is 9.56. The summed E-state index contributed by atoms with van der Waals surface area (Å²) in [6.45, 7) is 7.84. The minimum Gasteiger partial charge on any atom is -0.364 e. The molecule has 3 heterocycles. The quantitative estimate of drug-likeness (QED) is 0.379. The Labute approximate surface area is 201 Å². The lowest BCUT2D eigenvalue weighted by atomic mass is 9.89. The number of aromatic amines is 1. The molecular weight excluding hydrogens is 448 g/mol. The highest BCUT2D eigenvalue weighted by Crippen LogP contribution is 2.28. The number of nitrogens with zero attached hydrogens (tertiary/aromatic N) is 3. The van der Waals surface area contributed by atoms with E-state index in [9.17, 15) is 9.59 Å². The summed E-state index contributed by atoms with van der Waals surface area (Å²) in [7, 11) is 0. The number of rotatable bonds is 6. The summed E-state index contributed by atoms with van der Waals surface area (Å²) in [6, 6.07) is 11.5. The van der Waals surface area contributed by atoms with Crippen LogP contribution in [0, 0.1) is 6.92 Å². The van der Waals surface area contributed by atoms with Gasteiger partial charge in [-0.15, -0.1) is 11.3 Å². The Morgan fingerprint density at radius 3 is 2.56 bits per heavy atom. The lowest BCUT2D eigenvalue weighted by molar-refractivity contribution is -0.115. The van der Waals surface area contributed by atoms with Crippen LogP contribution < -0.4 is 10.6 Å². The van der Waals surface area contributed by atoms with Crippen LogP contribution in [0.2, 0.25) is 0 Å². The number of H-pyrrole nitrogens is 1. The Morgan fingerprint density at radius 1 is 1.06 bits per heavy atom. The molecule has 0 atom stereocenters. The molecule has 174 valence electrons. The van der Waals surface area contributed by atoms with E-state index in [-0.39, 0.29) is 23.8 Å². The van der Waals surface area contributed by atoms with Gasteiger partial charge in [-0.2, -0.15) is 0 Å². The molecule has 0 radical (unpaired) electrons. The van der Waals surface area contributed by atoms with Crippen LogP contribution >= 0.6 is 11.3 Å².